The lowest BCUT2D eigenvalue weighted by Crippen LogP contribution is -2.39. The van der Waals surface area contributed by atoms with Crippen LogP contribution >= 0.6 is 11.8 Å². The molecule has 2 N–H and O–H groups in total. The van der Waals surface area contributed by atoms with E-state index in [1.165, 1.54) is 6.07 Å². The lowest BCUT2D eigenvalue weighted by molar-refractivity contribution is -0.384. The van der Waals surface area contributed by atoms with Crippen LogP contribution in [0.2, 0.25) is 0 Å². The second kappa shape index (κ2) is 8.14. The number of hydrogen-bond donors (Lipinski definition) is 2. The maximum absolute atomic E-state index is 12.4. The Morgan fingerprint density at radius 2 is 2.04 bits per heavy atom. The number of carbonyl (C=O) groups is 2. The van der Waals surface area contributed by atoms with Gasteiger partial charge in [0.05, 0.1) is 10.5 Å². The number of non-ortho nitro benzene ring substituents is 1. The maximum Gasteiger partial charge on any atom is 0.335 e. The molecule has 0 aliphatic heterocycles. The molecular weight excluding hydrogens is 332 g/mol. The molecule has 0 bridgehead atoms. The Labute approximate surface area is 144 Å². The Kier molecular flexibility index (Phi) is 6.19. The Balaban J connectivity index is 2.14. The van der Waals surface area contributed by atoms with Crippen molar-refractivity contribution in [3.63, 3.8) is 0 Å². The summed E-state index contributed by atoms with van der Waals surface area (Å²) in [4.78, 5) is 33.7. The summed E-state index contributed by atoms with van der Waals surface area (Å²) < 4.78 is 0. The first-order valence-electron chi connectivity index (χ1n) is 7.86. The third-order valence-electron chi connectivity index (χ3n) is 4.00. The molecule has 130 valence electrons. The number of aromatic carboxylic acids is 1. The van der Waals surface area contributed by atoms with Gasteiger partial charge in [-0.1, -0.05) is 13.3 Å². The smallest absolute Gasteiger partial charge is 0.335 e. The van der Waals surface area contributed by atoms with E-state index in [1.54, 1.807) is 0 Å². The number of carboxylic acids is 1. The van der Waals surface area contributed by atoms with Crippen LogP contribution in [0.5, 0.6) is 0 Å². The summed E-state index contributed by atoms with van der Waals surface area (Å²) in [5, 5.41) is 23.4. The van der Waals surface area contributed by atoms with Gasteiger partial charge in [-0.15, -0.1) is 0 Å². The lowest BCUT2D eigenvalue weighted by Gasteiger charge is -2.29. The molecular formula is C16H20N2O5S. The van der Waals surface area contributed by atoms with Crippen LogP contribution in [0, 0.1) is 10.1 Å². The van der Waals surface area contributed by atoms with Crippen molar-refractivity contribution in [2.45, 2.75) is 43.9 Å². The molecule has 1 amide bonds. The van der Waals surface area contributed by atoms with Crippen LogP contribution in [-0.2, 0) is 0 Å². The summed E-state index contributed by atoms with van der Waals surface area (Å²) in [6, 6.07) is 3.25. The van der Waals surface area contributed by atoms with Crippen LogP contribution in [0.3, 0.4) is 0 Å². The first-order chi connectivity index (χ1) is 11.4. The molecule has 1 saturated carbocycles. The fraction of sp³-hybridized carbons (Fsp3) is 0.500. The zero-order valence-corrected chi connectivity index (χ0v) is 14.2. The number of nitrogens with zero attached hydrogens (tertiary/aromatic N) is 1. The third kappa shape index (κ3) is 4.70. The minimum absolute atomic E-state index is 0.00636. The molecule has 8 heteroatoms. The number of nitro benzene ring substituents is 1. The van der Waals surface area contributed by atoms with E-state index in [4.69, 9.17) is 5.11 Å². The number of nitro groups is 1. The molecule has 0 aromatic heterocycles. The van der Waals surface area contributed by atoms with Gasteiger partial charge >= 0.3 is 5.97 Å². The number of benzene rings is 1. The molecule has 0 radical (unpaired) electrons. The van der Waals surface area contributed by atoms with E-state index < -0.39 is 22.5 Å². The van der Waals surface area contributed by atoms with E-state index >= 15 is 0 Å². The van der Waals surface area contributed by atoms with Crippen LogP contribution < -0.4 is 5.32 Å². The highest BCUT2D eigenvalue weighted by molar-refractivity contribution is 7.99. The van der Waals surface area contributed by atoms with Crippen LogP contribution in [0.4, 0.5) is 5.69 Å². The van der Waals surface area contributed by atoms with Crippen molar-refractivity contribution in [2.24, 2.45) is 0 Å². The van der Waals surface area contributed by atoms with Crippen molar-refractivity contribution in [1.29, 1.82) is 0 Å². The molecule has 7 nitrogen and oxygen atoms in total. The zero-order chi connectivity index (χ0) is 17.7. The highest BCUT2D eigenvalue weighted by atomic mass is 32.2. The van der Waals surface area contributed by atoms with Crippen molar-refractivity contribution in [1.82, 2.24) is 5.32 Å². The van der Waals surface area contributed by atoms with Gasteiger partial charge in [0, 0.05) is 29.0 Å². The predicted octanol–water partition coefficient (Wildman–Crippen LogP) is 3.09. The maximum atomic E-state index is 12.4. The van der Waals surface area contributed by atoms with Gasteiger partial charge in [-0.2, -0.15) is 11.8 Å². The minimum atomic E-state index is -1.30. The van der Waals surface area contributed by atoms with Gasteiger partial charge < -0.3 is 10.4 Å². The summed E-state index contributed by atoms with van der Waals surface area (Å²) >= 11 is 1.87. The van der Waals surface area contributed by atoms with E-state index in [-0.39, 0.29) is 17.2 Å². The number of carbonyl (C=O) groups excluding carboxylic acids is 1. The summed E-state index contributed by atoms with van der Waals surface area (Å²) in [7, 11) is 0. The molecule has 0 heterocycles. The van der Waals surface area contributed by atoms with Crippen LogP contribution in [0.1, 0.15) is 53.3 Å². The standard InChI is InChI=1S/C16H20N2O5S/c1-2-24-14-5-3-4-12(9-14)17-15(19)10-6-11(16(20)21)8-13(7-10)18(22)23/h6-8,12,14H,2-5,9H2,1H3,(H,17,19)(H,20,21). The van der Waals surface area contributed by atoms with Crippen LogP contribution in [-0.4, -0.2) is 39.0 Å². The number of carboxylic acid groups (broad SMARTS) is 1. The van der Waals surface area contributed by atoms with Gasteiger partial charge in [0.2, 0.25) is 0 Å². The summed E-state index contributed by atoms with van der Waals surface area (Å²) in [5.41, 5.74) is -0.660. The van der Waals surface area contributed by atoms with Gasteiger partial charge in [0.15, 0.2) is 0 Å². The van der Waals surface area contributed by atoms with E-state index in [1.807, 2.05) is 11.8 Å². The quantitative estimate of drug-likeness (QED) is 0.601. The zero-order valence-electron chi connectivity index (χ0n) is 13.4. The SMILES string of the molecule is CCSC1CCCC(NC(=O)c2cc(C(=O)O)cc([N+](=O)[O-])c2)C1. The molecule has 1 aromatic rings. The third-order valence-corrected chi connectivity index (χ3v) is 5.23. The molecule has 2 rings (SSSR count). The second-order valence-electron chi connectivity index (χ2n) is 5.75. The van der Waals surface area contributed by atoms with Crippen molar-refractivity contribution >= 4 is 29.3 Å². The summed E-state index contributed by atoms with van der Waals surface area (Å²) in [5.74, 6) is -0.740. The first kappa shape index (κ1) is 18.3. The Morgan fingerprint density at radius 3 is 2.67 bits per heavy atom. The largest absolute Gasteiger partial charge is 0.478 e. The summed E-state index contributed by atoms with van der Waals surface area (Å²) in [6.45, 7) is 2.10. The molecule has 1 aromatic carbocycles. The average molecular weight is 352 g/mol. The van der Waals surface area contributed by atoms with Gasteiger partial charge in [-0.25, -0.2) is 4.79 Å². The predicted molar refractivity (Wildman–Crippen MR) is 91.7 cm³/mol. The topological polar surface area (TPSA) is 110 Å². The van der Waals surface area contributed by atoms with Gasteiger partial charge in [0.25, 0.3) is 11.6 Å². The van der Waals surface area contributed by atoms with Crippen molar-refractivity contribution in [3.05, 3.63) is 39.4 Å². The van der Waals surface area contributed by atoms with E-state index in [0.29, 0.717) is 5.25 Å². The average Bonchev–Trinajstić information content (AvgIpc) is 2.55. The lowest BCUT2D eigenvalue weighted by atomic mass is 9.94. The molecule has 0 saturated heterocycles. The molecule has 0 spiro atoms. The van der Waals surface area contributed by atoms with Crippen LogP contribution in [0.25, 0.3) is 0 Å². The van der Waals surface area contributed by atoms with Crippen molar-refractivity contribution in [2.75, 3.05) is 5.75 Å². The molecule has 1 fully saturated rings. The normalized spacial score (nSPS) is 20.4. The molecule has 2 atom stereocenters. The van der Waals surface area contributed by atoms with E-state index in [2.05, 4.69) is 12.2 Å². The fourth-order valence-corrected chi connectivity index (χ4v) is 4.08. The summed E-state index contributed by atoms with van der Waals surface area (Å²) in [6.07, 6.45) is 3.89. The van der Waals surface area contributed by atoms with Gasteiger partial charge in [0.1, 0.15) is 0 Å². The molecule has 1 aliphatic carbocycles. The Hall–Kier alpha value is -2.09. The number of amides is 1. The Bertz CT molecular complexity index is 615. The highest BCUT2D eigenvalue weighted by Crippen LogP contribution is 2.28. The van der Waals surface area contributed by atoms with Gasteiger partial charge in [-0.05, 0) is 31.1 Å². The second-order valence-corrected chi connectivity index (χ2v) is 7.32. The monoisotopic (exact) mass is 352 g/mol. The van der Waals surface area contributed by atoms with E-state index in [0.717, 1.165) is 43.6 Å². The van der Waals surface area contributed by atoms with Gasteiger partial charge in [-0.3, -0.25) is 14.9 Å². The Morgan fingerprint density at radius 1 is 1.33 bits per heavy atom. The van der Waals surface area contributed by atoms with Crippen molar-refractivity contribution in [3.8, 4) is 0 Å². The number of thioether (sulfide) groups is 1. The molecule has 24 heavy (non-hydrogen) atoms. The van der Waals surface area contributed by atoms with Crippen LogP contribution in [0.15, 0.2) is 18.2 Å². The fourth-order valence-electron chi connectivity index (χ4n) is 2.90. The number of hydrogen-bond acceptors (Lipinski definition) is 5. The molecule has 2 unspecified atom stereocenters. The first-order valence-corrected chi connectivity index (χ1v) is 8.90. The minimum Gasteiger partial charge on any atom is -0.478 e. The number of nitrogens with one attached hydrogen (secondary N) is 1. The highest BCUT2D eigenvalue weighted by Gasteiger charge is 2.25. The number of rotatable bonds is 6. The van der Waals surface area contributed by atoms with Crippen molar-refractivity contribution < 1.29 is 19.6 Å². The van der Waals surface area contributed by atoms with E-state index in [9.17, 15) is 19.7 Å². The molecule has 1 aliphatic rings.